The van der Waals surface area contributed by atoms with Crippen LogP contribution >= 0.6 is 34.8 Å². The second-order valence-corrected chi connectivity index (χ2v) is 15.9. The quantitative estimate of drug-likeness (QED) is 0.106. The molecular formula is C36H57Cl3N8O4. The van der Waals surface area contributed by atoms with Crippen molar-refractivity contribution in [3.05, 3.63) is 66.2 Å². The van der Waals surface area contributed by atoms with Gasteiger partial charge in [-0.1, -0.05) is 63.9 Å². The highest BCUT2D eigenvalue weighted by atomic mass is 35.5. The lowest BCUT2D eigenvalue weighted by Crippen LogP contribution is -2.45. The number of aryl methyl sites for hydroxylation is 2. The van der Waals surface area contributed by atoms with Crippen LogP contribution in [0.1, 0.15) is 106 Å². The third-order valence-electron chi connectivity index (χ3n) is 6.91. The zero-order valence-corrected chi connectivity index (χ0v) is 34.7. The molecule has 286 valence electrons. The number of anilines is 3. The van der Waals surface area contributed by atoms with Gasteiger partial charge in [0.1, 0.15) is 17.6 Å². The van der Waals surface area contributed by atoms with E-state index in [0.717, 1.165) is 40.8 Å². The van der Waals surface area contributed by atoms with Crippen LogP contribution in [0.15, 0.2) is 27.8 Å². The Morgan fingerprint density at radius 3 is 2.08 bits per heavy atom. The molecule has 12 nitrogen and oxygen atoms in total. The number of carbonyl (C=O) groups is 1. The van der Waals surface area contributed by atoms with Gasteiger partial charge in [0, 0.05) is 29.9 Å². The minimum atomic E-state index is -0.567. The molecule has 15 heteroatoms. The van der Waals surface area contributed by atoms with Crippen LogP contribution in [0.3, 0.4) is 0 Å². The molecule has 0 unspecified atom stereocenters. The number of carbonyl (C=O) groups excluding carboxylic acids is 1. The number of hydrogen-bond acceptors (Lipinski definition) is 9. The Morgan fingerprint density at radius 2 is 1.57 bits per heavy atom. The maximum atomic E-state index is 12.3. The molecule has 0 radical (unpaired) electrons. The summed E-state index contributed by atoms with van der Waals surface area (Å²) in [6.07, 6.45) is 2.06. The number of nitrogens with one attached hydrogen (secondary N) is 3. The molecule has 2 aromatic heterocycles. The van der Waals surface area contributed by atoms with Gasteiger partial charge < -0.3 is 20.4 Å². The number of nitrogens with zero attached hydrogens (tertiary/aromatic N) is 5. The highest BCUT2D eigenvalue weighted by Gasteiger charge is 2.26. The number of amides is 1. The summed E-state index contributed by atoms with van der Waals surface area (Å²) in [5.74, 6) is 0.801. The van der Waals surface area contributed by atoms with E-state index in [4.69, 9.17) is 39.5 Å². The molecule has 2 heterocycles. The average Bonchev–Trinajstić information content (AvgIpc) is 2.98. The number of halogens is 3. The van der Waals surface area contributed by atoms with Gasteiger partial charge in [-0.15, -0.1) is 11.6 Å². The molecule has 0 spiro atoms. The maximum absolute atomic E-state index is 12.3. The third-order valence-corrected chi connectivity index (χ3v) is 7.75. The summed E-state index contributed by atoms with van der Waals surface area (Å²) in [5.41, 5.74) is 1.92. The first-order chi connectivity index (χ1) is 23.5. The van der Waals surface area contributed by atoms with E-state index in [1.807, 2.05) is 46.8 Å². The summed E-state index contributed by atoms with van der Waals surface area (Å²) in [6, 6.07) is 6.12. The Kier molecular flexibility index (Phi) is 18.1. The summed E-state index contributed by atoms with van der Waals surface area (Å²) < 4.78 is 6.80. The molecule has 0 atom stereocenters. The lowest BCUT2D eigenvalue weighted by molar-refractivity contribution is -0.117. The summed E-state index contributed by atoms with van der Waals surface area (Å²) in [5, 5.41) is 6.38. The molecular weight excluding hydrogens is 715 g/mol. The fourth-order valence-electron chi connectivity index (χ4n) is 4.57. The van der Waals surface area contributed by atoms with Crippen molar-refractivity contribution in [1.82, 2.24) is 24.5 Å². The Morgan fingerprint density at radius 1 is 0.961 bits per heavy atom. The molecule has 0 saturated carbocycles. The van der Waals surface area contributed by atoms with Crippen molar-refractivity contribution in [3.63, 3.8) is 0 Å². The predicted octanol–water partition coefficient (Wildman–Crippen LogP) is 8.06. The lowest BCUT2D eigenvalue weighted by Gasteiger charge is -2.31. The summed E-state index contributed by atoms with van der Waals surface area (Å²) in [6.45, 7) is 27.2. The largest absolute Gasteiger partial charge is 0.361 e. The van der Waals surface area contributed by atoms with E-state index in [-0.39, 0.29) is 39.8 Å². The van der Waals surface area contributed by atoms with Gasteiger partial charge in [0.25, 0.3) is 5.56 Å². The molecule has 0 saturated heterocycles. The minimum absolute atomic E-state index is 0.0466. The highest BCUT2D eigenvalue weighted by molar-refractivity contribution is 6.31. The fraction of sp³-hybridized carbons (Fsp3) is 0.611. The first-order valence-electron chi connectivity index (χ1n) is 17.0. The van der Waals surface area contributed by atoms with Gasteiger partial charge in [-0.3, -0.25) is 19.1 Å². The first kappa shape index (κ1) is 45.8. The molecule has 0 aliphatic heterocycles. The van der Waals surface area contributed by atoms with Gasteiger partial charge in [-0.25, -0.2) is 4.79 Å². The molecule has 0 fully saturated rings. The van der Waals surface area contributed by atoms with E-state index in [9.17, 15) is 14.4 Å². The van der Waals surface area contributed by atoms with E-state index in [2.05, 4.69) is 64.3 Å². The molecule has 3 rings (SSSR count). The highest BCUT2D eigenvalue weighted by Crippen LogP contribution is 2.35. The normalized spacial score (nSPS) is 11.5. The molecule has 1 amide bonds. The van der Waals surface area contributed by atoms with Crippen LogP contribution in [-0.4, -0.2) is 61.7 Å². The van der Waals surface area contributed by atoms with E-state index in [1.165, 1.54) is 0 Å². The van der Waals surface area contributed by atoms with Gasteiger partial charge in [0.2, 0.25) is 23.1 Å². The number of aromatic amines is 1. The number of aromatic nitrogens is 5. The van der Waals surface area contributed by atoms with Crippen molar-refractivity contribution in [2.45, 2.75) is 119 Å². The van der Waals surface area contributed by atoms with Crippen molar-refractivity contribution in [3.8, 4) is 0 Å². The van der Waals surface area contributed by atoms with Crippen LogP contribution in [0, 0.1) is 13.8 Å². The lowest BCUT2D eigenvalue weighted by atomic mass is 9.84. The monoisotopic (exact) mass is 770 g/mol. The van der Waals surface area contributed by atoms with E-state index in [0.29, 0.717) is 24.2 Å². The van der Waals surface area contributed by atoms with Crippen LogP contribution in [0.4, 0.5) is 17.6 Å². The fourth-order valence-corrected chi connectivity index (χ4v) is 5.00. The topological polar surface area (TPSA) is 147 Å². The summed E-state index contributed by atoms with van der Waals surface area (Å²) in [4.78, 5) is 51.8. The number of unbranched alkanes of at least 4 members (excludes halogenated alkanes) is 1. The molecule has 51 heavy (non-hydrogen) atoms. The van der Waals surface area contributed by atoms with E-state index in [1.54, 1.807) is 32.6 Å². The van der Waals surface area contributed by atoms with Crippen LogP contribution < -0.4 is 26.8 Å². The first-order valence-corrected chi connectivity index (χ1v) is 18.3. The predicted molar refractivity (Wildman–Crippen MR) is 212 cm³/mol. The number of H-pyrrole nitrogens is 1. The second kappa shape index (κ2) is 20.2. The van der Waals surface area contributed by atoms with Crippen LogP contribution in [0.5, 0.6) is 0 Å². The SMILES string of the molecule is CCCCOCN(C(=O)CCl)c1c(C)cccc1C(C)(C)C.CCNc1nc(Cl)nc(NC(C)(C)C)n1.Cc1[nH]c(=O)n(C(C)(C)C)c(=O)c1Cl. The Labute approximate surface area is 318 Å². The molecule has 0 aliphatic carbocycles. The van der Waals surface area contributed by atoms with Gasteiger partial charge >= 0.3 is 5.69 Å². The minimum Gasteiger partial charge on any atom is -0.361 e. The van der Waals surface area contributed by atoms with Crippen LogP contribution in [0.2, 0.25) is 10.3 Å². The van der Waals surface area contributed by atoms with E-state index >= 15 is 0 Å². The molecule has 3 N–H and O–H groups in total. The van der Waals surface area contributed by atoms with Crippen molar-refractivity contribution in [1.29, 1.82) is 0 Å². The van der Waals surface area contributed by atoms with Gasteiger partial charge in [0.05, 0.1) is 5.69 Å². The second-order valence-electron chi connectivity index (χ2n) is 14.9. The van der Waals surface area contributed by atoms with Crippen LogP contribution in [-0.2, 0) is 20.5 Å². The van der Waals surface area contributed by atoms with Crippen molar-refractivity contribution >= 4 is 58.3 Å². The molecule has 0 aliphatic rings. The molecule has 0 bridgehead atoms. The smallest absolute Gasteiger partial charge is 0.329 e. The number of ether oxygens (including phenoxy) is 1. The van der Waals surface area contributed by atoms with Gasteiger partial charge in [-0.2, -0.15) is 15.0 Å². The Balaban J connectivity index is 0.000000396. The zero-order valence-electron chi connectivity index (χ0n) is 32.5. The van der Waals surface area contributed by atoms with E-state index < -0.39 is 16.8 Å². The molecule has 1 aromatic carbocycles. The zero-order chi connectivity index (χ0) is 39.3. The standard InChI is InChI=1S/C18H28ClNO2.C9H16ClN5.C9H13ClN2O2/c1-6-7-11-22-13-20(16(21)12-19)17-14(2)9-8-10-15(17)18(3,4)5;1-5-11-7-12-6(10)13-8(14-7)15-9(2,3)4;1-5-6(10)7(13)12(8(14)11-5)9(2,3)4/h8-10H,6-7,11-13H2,1-5H3;5H2,1-4H3,(H2,11,12,13,14,15);1-4H3,(H,11,14). The van der Waals surface area contributed by atoms with Crippen molar-refractivity contribution in [2.75, 3.05) is 41.3 Å². The number of hydrogen-bond donors (Lipinski definition) is 3. The van der Waals surface area contributed by atoms with Crippen LogP contribution in [0.25, 0.3) is 0 Å². The average molecular weight is 772 g/mol. The molecule has 3 aromatic rings. The Bertz CT molecular complexity index is 1690. The van der Waals surface area contributed by atoms with Gasteiger partial charge in [0.15, 0.2) is 0 Å². The Hall–Kier alpha value is -3.19. The third kappa shape index (κ3) is 15.1. The number of rotatable bonds is 10. The summed E-state index contributed by atoms with van der Waals surface area (Å²) in [7, 11) is 0. The number of para-hydroxylation sites is 1. The number of benzene rings is 1. The van der Waals surface area contributed by atoms with Crippen molar-refractivity contribution < 1.29 is 9.53 Å². The van der Waals surface area contributed by atoms with Gasteiger partial charge in [-0.05, 0) is 96.9 Å². The summed E-state index contributed by atoms with van der Waals surface area (Å²) >= 11 is 17.3. The maximum Gasteiger partial charge on any atom is 0.329 e. The number of alkyl halides is 1. The van der Waals surface area contributed by atoms with Crippen molar-refractivity contribution in [2.24, 2.45) is 0 Å².